The fourth-order valence-electron chi connectivity index (χ4n) is 2.10. The number of rotatable bonds is 9. The van der Waals surface area contributed by atoms with Crippen molar-refractivity contribution in [1.29, 1.82) is 0 Å². The van der Waals surface area contributed by atoms with E-state index in [-0.39, 0.29) is 0 Å². The Morgan fingerprint density at radius 3 is 2.55 bits per heavy atom. The predicted molar refractivity (Wildman–Crippen MR) is 94.7 cm³/mol. The molecule has 0 aliphatic rings. The lowest BCUT2D eigenvalue weighted by atomic mass is 10.0. The Hall–Kier alpha value is -1.55. The van der Waals surface area contributed by atoms with Crippen LogP contribution >= 0.6 is 0 Å². The molecule has 0 aromatic heterocycles. The Labute approximate surface area is 135 Å². The van der Waals surface area contributed by atoms with E-state index in [0.717, 1.165) is 45.2 Å². The number of hydrogen-bond acceptors (Lipinski definition) is 2. The van der Waals surface area contributed by atoms with Gasteiger partial charge in [0.1, 0.15) is 0 Å². The summed E-state index contributed by atoms with van der Waals surface area (Å²) in [7, 11) is 0. The van der Waals surface area contributed by atoms with Gasteiger partial charge >= 0.3 is 0 Å². The summed E-state index contributed by atoms with van der Waals surface area (Å²) in [6, 6.07) is 8.70. The number of nitrogens with one attached hydrogen (secondary N) is 2. The van der Waals surface area contributed by atoms with Crippen LogP contribution in [0.5, 0.6) is 0 Å². The van der Waals surface area contributed by atoms with E-state index in [4.69, 9.17) is 4.74 Å². The summed E-state index contributed by atoms with van der Waals surface area (Å²) in [5, 5.41) is 6.64. The monoisotopic (exact) mass is 305 g/mol. The van der Waals surface area contributed by atoms with Gasteiger partial charge in [-0.3, -0.25) is 4.99 Å². The van der Waals surface area contributed by atoms with E-state index in [1.165, 1.54) is 11.1 Å². The van der Waals surface area contributed by atoms with Crippen molar-refractivity contribution in [3.8, 4) is 0 Å². The van der Waals surface area contributed by atoms with E-state index in [9.17, 15) is 0 Å². The summed E-state index contributed by atoms with van der Waals surface area (Å²) in [5.41, 5.74) is 2.63. The molecule has 4 nitrogen and oxygen atoms in total. The SMILES string of the molecule is CCNC(=NCC(C)c1ccc(C)cc1)NCCCOCC. The van der Waals surface area contributed by atoms with Gasteiger partial charge in [0.05, 0.1) is 0 Å². The number of guanidine groups is 1. The van der Waals surface area contributed by atoms with Gasteiger partial charge < -0.3 is 15.4 Å². The summed E-state index contributed by atoms with van der Waals surface area (Å²) < 4.78 is 5.34. The van der Waals surface area contributed by atoms with Crippen molar-refractivity contribution < 1.29 is 4.74 Å². The number of benzene rings is 1. The molecule has 0 saturated carbocycles. The molecule has 4 heteroatoms. The standard InChI is InChI=1S/C18H31N3O/c1-5-19-18(20-12-7-13-22-6-2)21-14-16(4)17-10-8-15(3)9-11-17/h8-11,16H,5-7,12-14H2,1-4H3,(H2,19,20,21). The molecule has 0 bridgehead atoms. The van der Waals surface area contributed by atoms with Gasteiger partial charge in [-0.2, -0.15) is 0 Å². The molecular formula is C18H31N3O. The molecule has 1 aromatic carbocycles. The Morgan fingerprint density at radius 2 is 1.91 bits per heavy atom. The van der Waals surface area contributed by atoms with Gasteiger partial charge in [-0.15, -0.1) is 0 Å². The van der Waals surface area contributed by atoms with E-state index in [1.54, 1.807) is 0 Å². The molecule has 22 heavy (non-hydrogen) atoms. The maximum atomic E-state index is 5.34. The van der Waals surface area contributed by atoms with E-state index < -0.39 is 0 Å². The quantitative estimate of drug-likeness (QED) is 0.419. The van der Waals surface area contributed by atoms with E-state index in [1.807, 2.05) is 6.92 Å². The molecule has 1 rings (SSSR count). The van der Waals surface area contributed by atoms with Gasteiger partial charge in [0, 0.05) is 38.8 Å². The van der Waals surface area contributed by atoms with Crippen LogP contribution in [0, 0.1) is 6.92 Å². The number of aliphatic imine (C=N–C) groups is 1. The molecule has 0 saturated heterocycles. The van der Waals surface area contributed by atoms with E-state index in [0.29, 0.717) is 5.92 Å². The molecule has 0 aliphatic heterocycles. The van der Waals surface area contributed by atoms with Crippen molar-refractivity contribution in [3.05, 3.63) is 35.4 Å². The maximum absolute atomic E-state index is 5.34. The molecule has 0 amide bonds. The first-order valence-corrected chi connectivity index (χ1v) is 8.33. The first-order chi connectivity index (χ1) is 10.7. The number of hydrogen-bond donors (Lipinski definition) is 2. The Bertz CT molecular complexity index is 428. The first-order valence-electron chi connectivity index (χ1n) is 8.33. The molecule has 0 aliphatic carbocycles. The van der Waals surface area contributed by atoms with Crippen LogP contribution in [0.1, 0.15) is 44.2 Å². The summed E-state index contributed by atoms with van der Waals surface area (Å²) in [5.74, 6) is 1.30. The number of aryl methyl sites for hydroxylation is 1. The second-order valence-electron chi connectivity index (χ2n) is 5.51. The van der Waals surface area contributed by atoms with Crippen molar-refractivity contribution >= 4 is 5.96 Å². The minimum atomic E-state index is 0.416. The second-order valence-corrected chi connectivity index (χ2v) is 5.51. The highest BCUT2D eigenvalue weighted by Gasteiger charge is 2.05. The van der Waals surface area contributed by atoms with Crippen molar-refractivity contribution in [2.24, 2.45) is 4.99 Å². The molecular weight excluding hydrogens is 274 g/mol. The fraction of sp³-hybridized carbons (Fsp3) is 0.611. The molecule has 124 valence electrons. The zero-order valence-corrected chi connectivity index (χ0v) is 14.5. The van der Waals surface area contributed by atoms with Crippen LogP contribution in [0.15, 0.2) is 29.3 Å². The Kier molecular flexibility index (Phi) is 9.31. The van der Waals surface area contributed by atoms with Gasteiger partial charge in [0.2, 0.25) is 0 Å². The van der Waals surface area contributed by atoms with Crippen molar-refractivity contribution in [2.75, 3.05) is 32.8 Å². The normalized spacial score (nSPS) is 13.0. The topological polar surface area (TPSA) is 45.7 Å². The van der Waals surface area contributed by atoms with Crippen LogP contribution in [0.25, 0.3) is 0 Å². The average Bonchev–Trinajstić information content (AvgIpc) is 2.52. The summed E-state index contributed by atoms with van der Waals surface area (Å²) in [4.78, 5) is 4.68. The van der Waals surface area contributed by atoms with Gasteiger partial charge in [0.25, 0.3) is 0 Å². The van der Waals surface area contributed by atoms with Gasteiger partial charge in [-0.1, -0.05) is 36.8 Å². The largest absolute Gasteiger partial charge is 0.382 e. The maximum Gasteiger partial charge on any atom is 0.191 e. The van der Waals surface area contributed by atoms with Gasteiger partial charge in [0.15, 0.2) is 5.96 Å². The fourth-order valence-corrected chi connectivity index (χ4v) is 2.10. The van der Waals surface area contributed by atoms with Crippen LogP contribution in [-0.4, -0.2) is 38.8 Å². The van der Waals surface area contributed by atoms with E-state index >= 15 is 0 Å². The van der Waals surface area contributed by atoms with Gasteiger partial charge in [-0.25, -0.2) is 0 Å². The van der Waals surface area contributed by atoms with Crippen LogP contribution in [0.4, 0.5) is 0 Å². The molecule has 0 spiro atoms. The Balaban J connectivity index is 2.44. The van der Waals surface area contributed by atoms with E-state index in [2.05, 4.69) is 60.7 Å². The number of nitrogens with zero attached hydrogens (tertiary/aromatic N) is 1. The minimum absolute atomic E-state index is 0.416. The van der Waals surface area contributed by atoms with Crippen molar-refractivity contribution in [3.63, 3.8) is 0 Å². The average molecular weight is 305 g/mol. The smallest absolute Gasteiger partial charge is 0.191 e. The Morgan fingerprint density at radius 1 is 1.18 bits per heavy atom. The van der Waals surface area contributed by atoms with Crippen LogP contribution in [0.3, 0.4) is 0 Å². The molecule has 0 fully saturated rings. The third-order valence-electron chi connectivity index (χ3n) is 3.48. The number of ether oxygens (including phenoxy) is 1. The van der Waals surface area contributed by atoms with Crippen molar-refractivity contribution in [1.82, 2.24) is 10.6 Å². The second kappa shape index (κ2) is 11.1. The highest BCUT2D eigenvalue weighted by Crippen LogP contribution is 2.15. The third-order valence-corrected chi connectivity index (χ3v) is 3.48. The lowest BCUT2D eigenvalue weighted by molar-refractivity contribution is 0.145. The van der Waals surface area contributed by atoms with Crippen LogP contribution in [-0.2, 0) is 4.74 Å². The summed E-state index contributed by atoms with van der Waals surface area (Å²) >= 11 is 0. The minimum Gasteiger partial charge on any atom is -0.382 e. The first kappa shape index (κ1) is 18.5. The lowest BCUT2D eigenvalue weighted by Gasteiger charge is -2.14. The zero-order valence-electron chi connectivity index (χ0n) is 14.5. The molecule has 0 radical (unpaired) electrons. The molecule has 1 aromatic rings. The highest BCUT2D eigenvalue weighted by atomic mass is 16.5. The van der Waals surface area contributed by atoms with Gasteiger partial charge in [-0.05, 0) is 32.8 Å². The third kappa shape index (κ3) is 7.46. The predicted octanol–water partition coefficient (Wildman–Crippen LogP) is 3.08. The van der Waals surface area contributed by atoms with Crippen LogP contribution < -0.4 is 10.6 Å². The highest BCUT2D eigenvalue weighted by molar-refractivity contribution is 5.79. The lowest BCUT2D eigenvalue weighted by Crippen LogP contribution is -2.38. The van der Waals surface area contributed by atoms with Crippen molar-refractivity contribution in [2.45, 2.75) is 40.0 Å². The zero-order chi connectivity index (χ0) is 16.2. The molecule has 2 N–H and O–H groups in total. The molecule has 0 heterocycles. The van der Waals surface area contributed by atoms with Crippen LogP contribution in [0.2, 0.25) is 0 Å². The molecule has 1 unspecified atom stereocenters. The molecule has 1 atom stereocenters. The summed E-state index contributed by atoms with van der Waals surface area (Å²) in [6.07, 6.45) is 0.992. The summed E-state index contributed by atoms with van der Waals surface area (Å²) in [6.45, 7) is 12.5.